The van der Waals surface area contributed by atoms with Crippen molar-refractivity contribution in [1.82, 2.24) is 5.32 Å². The van der Waals surface area contributed by atoms with Crippen LogP contribution in [0, 0.1) is 22.2 Å². The predicted molar refractivity (Wildman–Crippen MR) is 88.9 cm³/mol. The maximum absolute atomic E-state index is 4.06. The maximum atomic E-state index is 4.06. The van der Waals surface area contributed by atoms with E-state index in [0.29, 0.717) is 16.2 Å². The largest absolute Gasteiger partial charge is 0.311 e. The zero-order valence-corrected chi connectivity index (χ0v) is 15.0. The van der Waals surface area contributed by atoms with Crippen LogP contribution < -0.4 is 5.32 Å². The Bertz CT molecular complexity index is 324. The molecule has 2 unspecified atom stereocenters. The van der Waals surface area contributed by atoms with Crippen LogP contribution in [0.3, 0.4) is 0 Å². The molecule has 2 aliphatic rings. The van der Waals surface area contributed by atoms with Crippen LogP contribution >= 0.6 is 0 Å². The zero-order valence-electron chi connectivity index (χ0n) is 15.0. The van der Waals surface area contributed by atoms with E-state index in [4.69, 9.17) is 0 Å². The van der Waals surface area contributed by atoms with Crippen LogP contribution in [0.1, 0.15) is 87.0 Å². The van der Waals surface area contributed by atoms with Gasteiger partial charge in [-0.3, -0.25) is 0 Å². The highest BCUT2D eigenvalue weighted by atomic mass is 15.0. The first-order valence-electron chi connectivity index (χ1n) is 8.73. The third-order valence-electron chi connectivity index (χ3n) is 5.41. The second-order valence-corrected chi connectivity index (χ2v) is 10.4. The average Bonchev–Trinajstić information content (AvgIpc) is 2.06. The van der Waals surface area contributed by atoms with E-state index in [-0.39, 0.29) is 0 Å². The van der Waals surface area contributed by atoms with E-state index < -0.39 is 0 Å². The number of rotatable bonds is 2. The molecular weight excluding hydrogens is 242 g/mol. The van der Waals surface area contributed by atoms with Crippen molar-refractivity contribution in [3.05, 3.63) is 0 Å². The molecule has 0 amide bonds. The average molecular weight is 280 g/mol. The molecule has 0 radical (unpaired) electrons. The molecule has 2 atom stereocenters. The van der Waals surface area contributed by atoms with Gasteiger partial charge in [-0.05, 0) is 60.7 Å². The van der Waals surface area contributed by atoms with Gasteiger partial charge in [0, 0.05) is 12.1 Å². The molecule has 2 rings (SSSR count). The standard InChI is InChI=1S/C19H37N/c1-14-8-15(10-17(2,3)9-14)20-16-11-18(4,5)13-19(6,7)12-16/h14-16,20H,8-13H2,1-7H3. The SMILES string of the molecule is CC1CC(NC2CC(C)(C)CC(C)(C)C2)CC(C)(C)C1. The van der Waals surface area contributed by atoms with Crippen molar-refractivity contribution >= 4 is 0 Å². The molecule has 1 nitrogen and oxygen atoms in total. The van der Waals surface area contributed by atoms with Gasteiger partial charge in [0.25, 0.3) is 0 Å². The molecule has 2 aliphatic carbocycles. The molecule has 118 valence electrons. The van der Waals surface area contributed by atoms with Gasteiger partial charge in [-0.25, -0.2) is 0 Å². The van der Waals surface area contributed by atoms with Crippen LogP contribution in [-0.2, 0) is 0 Å². The predicted octanol–water partition coefficient (Wildman–Crippen LogP) is 5.40. The molecule has 20 heavy (non-hydrogen) atoms. The highest BCUT2D eigenvalue weighted by molar-refractivity contribution is 4.95. The summed E-state index contributed by atoms with van der Waals surface area (Å²) in [5.41, 5.74) is 1.51. The molecule has 0 aromatic rings. The highest BCUT2D eigenvalue weighted by Crippen LogP contribution is 2.46. The first-order chi connectivity index (χ1) is 8.96. The van der Waals surface area contributed by atoms with Crippen molar-refractivity contribution in [3.63, 3.8) is 0 Å². The summed E-state index contributed by atoms with van der Waals surface area (Å²) in [6.45, 7) is 17.2. The Hall–Kier alpha value is -0.0400. The summed E-state index contributed by atoms with van der Waals surface area (Å²) in [4.78, 5) is 0. The van der Waals surface area contributed by atoms with E-state index in [1.54, 1.807) is 0 Å². The molecule has 1 heteroatoms. The van der Waals surface area contributed by atoms with Crippen LogP contribution in [0.15, 0.2) is 0 Å². The number of hydrogen-bond donors (Lipinski definition) is 1. The number of hydrogen-bond acceptors (Lipinski definition) is 1. The van der Waals surface area contributed by atoms with E-state index in [2.05, 4.69) is 53.8 Å². The Labute approximate surface area is 127 Å². The van der Waals surface area contributed by atoms with Crippen molar-refractivity contribution in [3.8, 4) is 0 Å². The fourth-order valence-corrected chi connectivity index (χ4v) is 5.77. The van der Waals surface area contributed by atoms with Crippen LogP contribution in [0.4, 0.5) is 0 Å². The van der Waals surface area contributed by atoms with Gasteiger partial charge >= 0.3 is 0 Å². The molecule has 0 aliphatic heterocycles. The molecule has 0 aromatic carbocycles. The van der Waals surface area contributed by atoms with Crippen molar-refractivity contribution in [2.45, 2.75) is 99.1 Å². The lowest BCUT2D eigenvalue weighted by Gasteiger charge is -2.48. The molecule has 2 saturated carbocycles. The van der Waals surface area contributed by atoms with E-state index >= 15 is 0 Å². The van der Waals surface area contributed by atoms with E-state index in [9.17, 15) is 0 Å². The van der Waals surface area contributed by atoms with Gasteiger partial charge in [0.15, 0.2) is 0 Å². The van der Waals surface area contributed by atoms with Gasteiger partial charge in [-0.15, -0.1) is 0 Å². The van der Waals surface area contributed by atoms with Crippen molar-refractivity contribution in [2.75, 3.05) is 0 Å². The Morgan fingerprint density at radius 2 is 1.20 bits per heavy atom. The summed E-state index contributed by atoms with van der Waals surface area (Å²) in [7, 11) is 0. The molecule has 0 aromatic heterocycles. The molecular formula is C19H37N. The topological polar surface area (TPSA) is 12.0 Å². The van der Waals surface area contributed by atoms with Crippen LogP contribution in [0.5, 0.6) is 0 Å². The second kappa shape index (κ2) is 5.30. The first-order valence-corrected chi connectivity index (χ1v) is 8.73. The van der Waals surface area contributed by atoms with Crippen molar-refractivity contribution in [1.29, 1.82) is 0 Å². The highest BCUT2D eigenvalue weighted by Gasteiger charge is 2.40. The fraction of sp³-hybridized carbons (Fsp3) is 1.00. The van der Waals surface area contributed by atoms with Crippen LogP contribution in [0.25, 0.3) is 0 Å². The van der Waals surface area contributed by atoms with Crippen LogP contribution in [-0.4, -0.2) is 12.1 Å². The third kappa shape index (κ3) is 4.48. The lowest BCUT2D eigenvalue weighted by atomic mass is 9.63. The van der Waals surface area contributed by atoms with E-state index in [1.165, 1.54) is 38.5 Å². The normalized spacial score (nSPS) is 36.8. The monoisotopic (exact) mass is 279 g/mol. The molecule has 0 bridgehead atoms. The third-order valence-corrected chi connectivity index (χ3v) is 5.41. The lowest BCUT2D eigenvalue weighted by molar-refractivity contribution is 0.0655. The maximum Gasteiger partial charge on any atom is 0.00798 e. The minimum absolute atomic E-state index is 0.495. The quantitative estimate of drug-likeness (QED) is 0.714. The van der Waals surface area contributed by atoms with Gasteiger partial charge in [-0.1, -0.05) is 48.5 Å². The Morgan fingerprint density at radius 3 is 1.70 bits per heavy atom. The molecule has 2 fully saturated rings. The molecule has 0 saturated heterocycles. The smallest absolute Gasteiger partial charge is 0.00798 e. The lowest BCUT2D eigenvalue weighted by Crippen LogP contribution is -2.50. The Morgan fingerprint density at radius 1 is 0.700 bits per heavy atom. The second-order valence-electron chi connectivity index (χ2n) is 10.4. The molecule has 0 heterocycles. The number of nitrogens with one attached hydrogen (secondary N) is 1. The summed E-state index contributed by atoms with van der Waals surface area (Å²) < 4.78 is 0. The molecule has 1 N–H and O–H groups in total. The van der Waals surface area contributed by atoms with Gasteiger partial charge < -0.3 is 5.32 Å². The van der Waals surface area contributed by atoms with Gasteiger partial charge in [0.05, 0.1) is 0 Å². The summed E-state index contributed by atoms with van der Waals surface area (Å²) in [5.74, 6) is 0.876. The zero-order chi connectivity index (χ0) is 15.2. The summed E-state index contributed by atoms with van der Waals surface area (Å²) in [5, 5.41) is 4.06. The summed E-state index contributed by atoms with van der Waals surface area (Å²) in [6.07, 6.45) is 8.19. The summed E-state index contributed by atoms with van der Waals surface area (Å²) in [6, 6.07) is 1.46. The minimum atomic E-state index is 0.495. The Kier molecular flexibility index (Phi) is 4.33. The van der Waals surface area contributed by atoms with E-state index in [0.717, 1.165) is 18.0 Å². The van der Waals surface area contributed by atoms with Crippen molar-refractivity contribution in [2.24, 2.45) is 22.2 Å². The van der Waals surface area contributed by atoms with Crippen LogP contribution in [0.2, 0.25) is 0 Å². The summed E-state index contributed by atoms with van der Waals surface area (Å²) >= 11 is 0. The van der Waals surface area contributed by atoms with E-state index in [1.807, 2.05) is 0 Å². The fourth-order valence-electron chi connectivity index (χ4n) is 5.77. The molecule has 0 spiro atoms. The van der Waals surface area contributed by atoms with Gasteiger partial charge in [-0.2, -0.15) is 0 Å². The van der Waals surface area contributed by atoms with Gasteiger partial charge in [0.1, 0.15) is 0 Å². The Balaban J connectivity index is 1.98. The van der Waals surface area contributed by atoms with Gasteiger partial charge in [0.2, 0.25) is 0 Å². The first kappa shape index (κ1) is 16.3. The van der Waals surface area contributed by atoms with Crippen molar-refractivity contribution < 1.29 is 0 Å². The minimum Gasteiger partial charge on any atom is -0.311 e.